The summed E-state index contributed by atoms with van der Waals surface area (Å²) < 4.78 is 0. The highest BCUT2D eigenvalue weighted by Gasteiger charge is 2.00. The number of rotatable bonds is 7. The molecule has 0 bridgehead atoms. The second kappa shape index (κ2) is 7.49. The van der Waals surface area contributed by atoms with E-state index >= 15 is 0 Å². The van der Waals surface area contributed by atoms with Gasteiger partial charge in [-0.1, -0.05) is 6.92 Å². The van der Waals surface area contributed by atoms with Crippen molar-refractivity contribution in [1.82, 2.24) is 10.3 Å². The molecular weight excluding hydrogens is 216 g/mol. The SMILES string of the molecule is CCCNC(=O)CCNc1cncc(NC)c1. The van der Waals surface area contributed by atoms with Gasteiger partial charge in [-0.05, 0) is 12.5 Å². The van der Waals surface area contributed by atoms with Crippen molar-refractivity contribution in [2.45, 2.75) is 19.8 Å². The first kappa shape index (κ1) is 13.3. The van der Waals surface area contributed by atoms with Crippen LogP contribution in [0.4, 0.5) is 11.4 Å². The van der Waals surface area contributed by atoms with E-state index < -0.39 is 0 Å². The molecule has 0 aliphatic rings. The van der Waals surface area contributed by atoms with Crippen LogP contribution in [0.1, 0.15) is 19.8 Å². The number of carbonyl (C=O) groups is 1. The lowest BCUT2D eigenvalue weighted by Crippen LogP contribution is -2.25. The minimum Gasteiger partial charge on any atom is -0.387 e. The fourth-order valence-electron chi connectivity index (χ4n) is 1.35. The van der Waals surface area contributed by atoms with Crippen LogP contribution in [-0.2, 0) is 4.79 Å². The number of hydrogen-bond donors (Lipinski definition) is 3. The van der Waals surface area contributed by atoms with Gasteiger partial charge < -0.3 is 16.0 Å². The first-order chi connectivity index (χ1) is 8.26. The Balaban J connectivity index is 2.28. The maximum absolute atomic E-state index is 11.3. The fraction of sp³-hybridized carbons (Fsp3) is 0.500. The summed E-state index contributed by atoms with van der Waals surface area (Å²) in [6, 6.07) is 1.96. The average molecular weight is 236 g/mol. The van der Waals surface area contributed by atoms with Crippen molar-refractivity contribution < 1.29 is 4.79 Å². The summed E-state index contributed by atoms with van der Waals surface area (Å²) in [6.45, 7) is 3.40. The summed E-state index contributed by atoms with van der Waals surface area (Å²) in [7, 11) is 1.85. The largest absolute Gasteiger partial charge is 0.387 e. The van der Waals surface area contributed by atoms with Crippen molar-refractivity contribution in [2.24, 2.45) is 0 Å². The molecule has 5 heteroatoms. The number of aromatic nitrogens is 1. The summed E-state index contributed by atoms with van der Waals surface area (Å²) >= 11 is 0. The Hall–Kier alpha value is -1.78. The predicted molar refractivity (Wildman–Crippen MR) is 70.2 cm³/mol. The van der Waals surface area contributed by atoms with E-state index in [1.54, 1.807) is 12.4 Å². The van der Waals surface area contributed by atoms with Gasteiger partial charge >= 0.3 is 0 Å². The maximum atomic E-state index is 11.3. The van der Waals surface area contributed by atoms with Crippen LogP contribution in [0.15, 0.2) is 18.5 Å². The number of hydrogen-bond acceptors (Lipinski definition) is 4. The first-order valence-corrected chi connectivity index (χ1v) is 5.89. The molecule has 0 saturated carbocycles. The van der Waals surface area contributed by atoms with Crippen LogP contribution in [0.5, 0.6) is 0 Å². The Kier molecular flexibility index (Phi) is 5.85. The molecule has 0 saturated heterocycles. The first-order valence-electron chi connectivity index (χ1n) is 5.89. The van der Waals surface area contributed by atoms with Crippen molar-refractivity contribution in [3.05, 3.63) is 18.5 Å². The molecule has 1 aromatic rings. The number of pyridine rings is 1. The molecule has 1 heterocycles. The monoisotopic (exact) mass is 236 g/mol. The highest BCUT2D eigenvalue weighted by Crippen LogP contribution is 2.11. The Morgan fingerprint density at radius 2 is 2.06 bits per heavy atom. The van der Waals surface area contributed by atoms with Crippen LogP contribution in [0.2, 0.25) is 0 Å². The molecule has 0 fully saturated rings. The van der Waals surface area contributed by atoms with Gasteiger partial charge in [0.05, 0.1) is 23.8 Å². The molecule has 1 aromatic heterocycles. The van der Waals surface area contributed by atoms with Gasteiger partial charge in [-0.25, -0.2) is 0 Å². The molecule has 0 spiro atoms. The molecular formula is C12H20N4O. The van der Waals surface area contributed by atoms with Crippen LogP contribution < -0.4 is 16.0 Å². The molecule has 3 N–H and O–H groups in total. The third kappa shape index (κ3) is 5.19. The number of anilines is 2. The summed E-state index contributed by atoms with van der Waals surface area (Å²) in [6.07, 6.45) is 4.93. The minimum absolute atomic E-state index is 0.0806. The van der Waals surface area contributed by atoms with Gasteiger partial charge in [0, 0.05) is 26.6 Å². The molecule has 94 valence electrons. The highest BCUT2D eigenvalue weighted by atomic mass is 16.1. The lowest BCUT2D eigenvalue weighted by atomic mass is 10.3. The Morgan fingerprint density at radius 1 is 1.29 bits per heavy atom. The molecule has 1 rings (SSSR count). The number of amides is 1. The molecule has 0 atom stereocenters. The van der Waals surface area contributed by atoms with Crippen LogP contribution >= 0.6 is 0 Å². The van der Waals surface area contributed by atoms with Crippen molar-refractivity contribution in [3.63, 3.8) is 0 Å². The molecule has 1 amide bonds. The van der Waals surface area contributed by atoms with E-state index in [1.807, 2.05) is 20.0 Å². The van der Waals surface area contributed by atoms with Crippen LogP contribution in [-0.4, -0.2) is 31.0 Å². The predicted octanol–water partition coefficient (Wildman–Crippen LogP) is 1.45. The summed E-state index contributed by atoms with van der Waals surface area (Å²) in [5.41, 5.74) is 1.87. The quantitative estimate of drug-likeness (QED) is 0.670. The lowest BCUT2D eigenvalue weighted by Gasteiger charge is -2.07. The second-order valence-corrected chi connectivity index (χ2v) is 3.74. The van der Waals surface area contributed by atoms with Gasteiger partial charge in [-0.2, -0.15) is 0 Å². The zero-order chi connectivity index (χ0) is 12.5. The van der Waals surface area contributed by atoms with E-state index in [-0.39, 0.29) is 5.91 Å². The number of carbonyl (C=O) groups excluding carboxylic acids is 1. The third-order valence-corrected chi connectivity index (χ3v) is 2.28. The second-order valence-electron chi connectivity index (χ2n) is 3.74. The molecule has 0 aromatic carbocycles. The normalized spacial score (nSPS) is 9.76. The molecule has 0 aliphatic heterocycles. The van der Waals surface area contributed by atoms with E-state index in [2.05, 4.69) is 20.9 Å². The van der Waals surface area contributed by atoms with E-state index in [0.717, 1.165) is 24.3 Å². The Bertz CT molecular complexity index is 354. The zero-order valence-electron chi connectivity index (χ0n) is 10.4. The van der Waals surface area contributed by atoms with Crippen LogP contribution in [0.3, 0.4) is 0 Å². The lowest BCUT2D eigenvalue weighted by molar-refractivity contribution is -0.120. The Morgan fingerprint density at radius 3 is 2.76 bits per heavy atom. The number of nitrogens with one attached hydrogen (secondary N) is 3. The topological polar surface area (TPSA) is 66.0 Å². The molecule has 0 radical (unpaired) electrons. The Labute approximate surface area is 102 Å². The zero-order valence-corrected chi connectivity index (χ0v) is 10.4. The van der Waals surface area contributed by atoms with Gasteiger partial charge in [0.2, 0.25) is 5.91 Å². The van der Waals surface area contributed by atoms with Crippen molar-refractivity contribution >= 4 is 17.3 Å². The molecule has 17 heavy (non-hydrogen) atoms. The summed E-state index contributed by atoms with van der Waals surface area (Å²) in [5.74, 6) is 0.0806. The fourth-order valence-corrected chi connectivity index (χ4v) is 1.35. The molecule has 0 aliphatic carbocycles. The van der Waals surface area contributed by atoms with E-state index in [9.17, 15) is 4.79 Å². The van der Waals surface area contributed by atoms with Crippen molar-refractivity contribution in [1.29, 1.82) is 0 Å². The van der Waals surface area contributed by atoms with Gasteiger partial charge in [-0.15, -0.1) is 0 Å². The van der Waals surface area contributed by atoms with Crippen molar-refractivity contribution in [3.8, 4) is 0 Å². The van der Waals surface area contributed by atoms with Gasteiger partial charge in [0.1, 0.15) is 0 Å². The molecule has 5 nitrogen and oxygen atoms in total. The van der Waals surface area contributed by atoms with Crippen LogP contribution in [0.25, 0.3) is 0 Å². The summed E-state index contributed by atoms with van der Waals surface area (Å²) in [4.78, 5) is 15.4. The standard InChI is InChI=1S/C12H20N4O/c1-3-5-16-12(17)4-6-15-11-7-10(13-2)8-14-9-11/h7-9,13,15H,3-6H2,1-2H3,(H,16,17). The van der Waals surface area contributed by atoms with Gasteiger partial charge in [0.15, 0.2) is 0 Å². The van der Waals surface area contributed by atoms with E-state index in [1.165, 1.54) is 0 Å². The highest BCUT2D eigenvalue weighted by molar-refractivity contribution is 5.76. The molecule has 0 unspecified atom stereocenters. The van der Waals surface area contributed by atoms with E-state index in [4.69, 9.17) is 0 Å². The van der Waals surface area contributed by atoms with Crippen molar-refractivity contribution in [2.75, 3.05) is 30.8 Å². The van der Waals surface area contributed by atoms with Crippen LogP contribution in [0, 0.1) is 0 Å². The minimum atomic E-state index is 0.0806. The van der Waals surface area contributed by atoms with E-state index in [0.29, 0.717) is 13.0 Å². The van der Waals surface area contributed by atoms with Gasteiger partial charge in [0.25, 0.3) is 0 Å². The average Bonchev–Trinajstić information content (AvgIpc) is 2.36. The van der Waals surface area contributed by atoms with Gasteiger partial charge in [-0.3, -0.25) is 9.78 Å². The smallest absolute Gasteiger partial charge is 0.221 e. The third-order valence-electron chi connectivity index (χ3n) is 2.28. The summed E-state index contributed by atoms with van der Waals surface area (Å²) in [5, 5.41) is 9.01. The number of nitrogens with zero attached hydrogens (tertiary/aromatic N) is 1. The maximum Gasteiger partial charge on any atom is 0.221 e.